The van der Waals surface area contributed by atoms with Crippen molar-refractivity contribution in [2.24, 2.45) is 0 Å². The number of carbonyl (C=O) groups excluding carboxylic acids is 1. The van der Waals surface area contributed by atoms with E-state index in [0.717, 1.165) is 31.9 Å². The van der Waals surface area contributed by atoms with Crippen molar-refractivity contribution < 1.29 is 4.79 Å². The van der Waals surface area contributed by atoms with Crippen LogP contribution in [0.25, 0.3) is 0 Å². The molecule has 1 saturated heterocycles. The van der Waals surface area contributed by atoms with Crippen molar-refractivity contribution in [1.29, 1.82) is 0 Å². The lowest BCUT2D eigenvalue weighted by atomic mass is 9.87. The number of carbonyl (C=O) groups is 1. The Morgan fingerprint density at radius 2 is 1.65 bits per heavy atom. The normalized spacial score (nSPS) is 15.8. The molecule has 0 aliphatic carbocycles. The number of benzene rings is 1. The first-order valence-electron chi connectivity index (χ1n) is 9.00. The van der Waals surface area contributed by atoms with E-state index in [0.29, 0.717) is 11.5 Å². The molecule has 1 aromatic heterocycles. The summed E-state index contributed by atoms with van der Waals surface area (Å²) in [6, 6.07) is 8.29. The maximum absolute atomic E-state index is 12.5. The molecule has 0 atom stereocenters. The number of hydrogen-bond acceptors (Lipinski definition) is 5. The van der Waals surface area contributed by atoms with Gasteiger partial charge in [-0.25, -0.2) is 9.97 Å². The number of nitrogens with one attached hydrogen (secondary N) is 1. The molecule has 0 radical (unpaired) electrons. The van der Waals surface area contributed by atoms with Crippen LogP contribution in [0.15, 0.2) is 36.7 Å². The van der Waals surface area contributed by atoms with Gasteiger partial charge < -0.3 is 15.1 Å². The Kier molecular flexibility index (Phi) is 5.23. The number of piperazine rings is 1. The summed E-state index contributed by atoms with van der Waals surface area (Å²) in [5.41, 5.74) is 2.75. The van der Waals surface area contributed by atoms with Crippen LogP contribution in [-0.2, 0) is 5.41 Å². The number of nitrogens with zero attached hydrogens (tertiary/aromatic N) is 4. The molecular formula is C20H27N5O. The van der Waals surface area contributed by atoms with Gasteiger partial charge >= 0.3 is 0 Å². The zero-order chi connectivity index (χ0) is 18.7. The maximum Gasteiger partial charge on any atom is 0.274 e. The summed E-state index contributed by atoms with van der Waals surface area (Å²) in [5.74, 6) is 0.579. The summed E-state index contributed by atoms with van der Waals surface area (Å²) in [6.07, 6.45) is 3.16. The Hall–Kier alpha value is -2.47. The van der Waals surface area contributed by atoms with Crippen molar-refractivity contribution in [3.63, 3.8) is 0 Å². The van der Waals surface area contributed by atoms with Crippen molar-refractivity contribution in [2.75, 3.05) is 38.5 Å². The van der Waals surface area contributed by atoms with E-state index in [1.807, 2.05) is 17.0 Å². The number of amides is 1. The van der Waals surface area contributed by atoms with Gasteiger partial charge in [0, 0.05) is 31.9 Å². The van der Waals surface area contributed by atoms with E-state index in [4.69, 9.17) is 0 Å². The predicted molar refractivity (Wildman–Crippen MR) is 104 cm³/mol. The van der Waals surface area contributed by atoms with Gasteiger partial charge in [-0.1, -0.05) is 32.9 Å². The fourth-order valence-corrected chi connectivity index (χ4v) is 2.88. The molecule has 1 fully saturated rings. The molecule has 3 rings (SSSR count). The largest absolute Gasteiger partial charge is 0.339 e. The predicted octanol–water partition coefficient (Wildman–Crippen LogP) is 2.91. The highest BCUT2D eigenvalue weighted by Gasteiger charge is 2.21. The Morgan fingerprint density at radius 3 is 2.19 bits per heavy atom. The van der Waals surface area contributed by atoms with Crippen molar-refractivity contribution in [3.8, 4) is 0 Å². The third kappa shape index (κ3) is 4.38. The summed E-state index contributed by atoms with van der Waals surface area (Å²) < 4.78 is 0. The first-order valence-corrected chi connectivity index (χ1v) is 9.00. The second-order valence-electron chi connectivity index (χ2n) is 7.83. The number of rotatable bonds is 3. The van der Waals surface area contributed by atoms with Crippen LogP contribution in [0, 0.1) is 0 Å². The van der Waals surface area contributed by atoms with Crippen LogP contribution < -0.4 is 5.32 Å². The van der Waals surface area contributed by atoms with Crippen LogP contribution in [0.5, 0.6) is 0 Å². The number of hydrogen-bond donors (Lipinski definition) is 1. The molecule has 0 bridgehead atoms. The van der Waals surface area contributed by atoms with E-state index in [1.165, 1.54) is 5.56 Å². The van der Waals surface area contributed by atoms with Gasteiger partial charge in [0.1, 0.15) is 11.5 Å². The Labute approximate surface area is 155 Å². The number of anilines is 2. The maximum atomic E-state index is 12.5. The Morgan fingerprint density at radius 1 is 1.00 bits per heavy atom. The zero-order valence-corrected chi connectivity index (χ0v) is 16.0. The van der Waals surface area contributed by atoms with Gasteiger partial charge in [0.25, 0.3) is 5.91 Å². The van der Waals surface area contributed by atoms with E-state index < -0.39 is 0 Å². The number of aromatic nitrogens is 2. The standard InChI is InChI=1S/C20H27N5O/c1-20(2,3)15-5-7-16(8-6-15)23-18-14-21-17(13-22-18)19(26)25-11-9-24(4)10-12-25/h5-8,13-14H,9-12H2,1-4H3,(H,22,23). The molecule has 0 unspecified atom stereocenters. The molecule has 1 amide bonds. The molecule has 2 heterocycles. The average molecular weight is 353 g/mol. The van der Waals surface area contributed by atoms with Crippen LogP contribution in [0.2, 0.25) is 0 Å². The molecule has 1 N–H and O–H groups in total. The van der Waals surface area contributed by atoms with Gasteiger partial charge in [0.05, 0.1) is 12.4 Å². The highest BCUT2D eigenvalue weighted by molar-refractivity contribution is 5.92. The van der Waals surface area contributed by atoms with Gasteiger partial charge in [-0.3, -0.25) is 4.79 Å². The molecule has 138 valence electrons. The first kappa shape index (κ1) is 18.3. The smallest absolute Gasteiger partial charge is 0.274 e. The molecule has 1 aliphatic heterocycles. The molecule has 0 saturated carbocycles. The topological polar surface area (TPSA) is 61.4 Å². The fourth-order valence-electron chi connectivity index (χ4n) is 2.88. The molecule has 26 heavy (non-hydrogen) atoms. The van der Waals surface area contributed by atoms with E-state index in [2.05, 4.69) is 60.1 Å². The summed E-state index contributed by atoms with van der Waals surface area (Å²) in [5, 5.41) is 3.23. The Bertz CT molecular complexity index is 741. The first-order chi connectivity index (χ1) is 12.3. The van der Waals surface area contributed by atoms with Crippen LogP contribution in [0.1, 0.15) is 36.8 Å². The van der Waals surface area contributed by atoms with Crippen molar-refractivity contribution in [3.05, 3.63) is 47.9 Å². The molecule has 0 spiro atoms. The van der Waals surface area contributed by atoms with Crippen molar-refractivity contribution in [2.45, 2.75) is 26.2 Å². The lowest BCUT2D eigenvalue weighted by molar-refractivity contribution is 0.0658. The lowest BCUT2D eigenvalue weighted by Gasteiger charge is -2.32. The summed E-state index contributed by atoms with van der Waals surface area (Å²) >= 11 is 0. The highest BCUT2D eigenvalue weighted by atomic mass is 16.2. The SMILES string of the molecule is CN1CCN(C(=O)c2cnc(Nc3ccc(C(C)(C)C)cc3)cn2)CC1. The van der Waals surface area contributed by atoms with Crippen molar-refractivity contribution in [1.82, 2.24) is 19.8 Å². The molecule has 6 nitrogen and oxygen atoms in total. The van der Waals surface area contributed by atoms with E-state index in [9.17, 15) is 4.79 Å². The summed E-state index contributed by atoms with van der Waals surface area (Å²) in [4.78, 5) is 25.2. The third-order valence-electron chi connectivity index (χ3n) is 4.68. The second-order valence-corrected chi connectivity index (χ2v) is 7.83. The molecule has 1 aromatic carbocycles. The Balaban J connectivity index is 1.63. The summed E-state index contributed by atoms with van der Waals surface area (Å²) in [6.45, 7) is 9.83. The summed E-state index contributed by atoms with van der Waals surface area (Å²) in [7, 11) is 2.07. The second kappa shape index (κ2) is 7.41. The van der Waals surface area contributed by atoms with E-state index >= 15 is 0 Å². The number of likely N-dealkylation sites (N-methyl/N-ethyl adjacent to an activating group) is 1. The molecule has 1 aliphatic rings. The monoisotopic (exact) mass is 353 g/mol. The minimum Gasteiger partial charge on any atom is -0.339 e. The average Bonchev–Trinajstić information content (AvgIpc) is 2.62. The van der Waals surface area contributed by atoms with Gasteiger partial charge in [0.15, 0.2) is 0 Å². The van der Waals surface area contributed by atoms with Gasteiger partial charge in [0.2, 0.25) is 0 Å². The lowest BCUT2D eigenvalue weighted by Crippen LogP contribution is -2.47. The van der Waals surface area contributed by atoms with Gasteiger partial charge in [-0.15, -0.1) is 0 Å². The fraction of sp³-hybridized carbons (Fsp3) is 0.450. The van der Waals surface area contributed by atoms with Crippen LogP contribution >= 0.6 is 0 Å². The van der Waals surface area contributed by atoms with E-state index in [1.54, 1.807) is 12.4 Å². The zero-order valence-electron chi connectivity index (χ0n) is 16.0. The van der Waals surface area contributed by atoms with E-state index in [-0.39, 0.29) is 11.3 Å². The van der Waals surface area contributed by atoms with Gasteiger partial charge in [-0.05, 0) is 30.2 Å². The quantitative estimate of drug-likeness (QED) is 0.919. The minimum absolute atomic E-state index is 0.0494. The van der Waals surface area contributed by atoms with Gasteiger partial charge in [-0.2, -0.15) is 0 Å². The molecule has 6 heteroatoms. The minimum atomic E-state index is -0.0494. The van der Waals surface area contributed by atoms with Crippen molar-refractivity contribution >= 4 is 17.4 Å². The third-order valence-corrected chi connectivity index (χ3v) is 4.68. The molecular weight excluding hydrogens is 326 g/mol. The van der Waals surface area contributed by atoms with Crippen LogP contribution in [-0.4, -0.2) is 58.9 Å². The van der Waals surface area contributed by atoms with Crippen LogP contribution in [0.4, 0.5) is 11.5 Å². The van der Waals surface area contributed by atoms with Crippen LogP contribution in [0.3, 0.4) is 0 Å². The molecule has 2 aromatic rings. The highest BCUT2D eigenvalue weighted by Crippen LogP contribution is 2.24.